The van der Waals surface area contributed by atoms with Gasteiger partial charge in [-0.25, -0.2) is 9.97 Å². The van der Waals surface area contributed by atoms with E-state index in [-0.39, 0.29) is 0 Å². The van der Waals surface area contributed by atoms with Gasteiger partial charge in [-0.15, -0.1) is 0 Å². The molecule has 0 atom stereocenters. The SMILES string of the molecule is Cc1ccc(Oc2ncncc2I)c(C)c1. The molecule has 0 saturated heterocycles. The van der Waals surface area contributed by atoms with Crippen molar-refractivity contribution in [1.29, 1.82) is 0 Å². The zero-order valence-electron chi connectivity index (χ0n) is 9.07. The third-order valence-electron chi connectivity index (χ3n) is 2.17. The molecule has 1 aromatic heterocycles. The van der Waals surface area contributed by atoms with Gasteiger partial charge in [-0.1, -0.05) is 17.7 Å². The van der Waals surface area contributed by atoms with Crippen LogP contribution < -0.4 is 4.74 Å². The predicted molar refractivity (Wildman–Crippen MR) is 70.7 cm³/mol. The molecule has 16 heavy (non-hydrogen) atoms. The fourth-order valence-electron chi connectivity index (χ4n) is 1.39. The average Bonchev–Trinajstić information content (AvgIpc) is 2.25. The summed E-state index contributed by atoms with van der Waals surface area (Å²) in [6.45, 7) is 4.08. The third kappa shape index (κ3) is 2.49. The van der Waals surface area contributed by atoms with Crippen molar-refractivity contribution in [2.24, 2.45) is 0 Å². The smallest absolute Gasteiger partial charge is 0.235 e. The summed E-state index contributed by atoms with van der Waals surface area (Å²) >= 11 is 2.16. The Morgan fingerprint density at radius 2 is 2.06 bits per heavy atom. The van der Waals surface area contributed by atoms with E-state index in [0.717, 1.165) is 14.9 Å². The molecule has 0 unspecified atom stereocenters. The van der Waals surface area contributed by atoms with Crippen molar-refractivity contribution < 1.29 is 4.74 Å². The van der Waals surface area contributed by atoms with E-state index in [0.29, 0.717) is 5.88 Å². The quantitative estimate of drug-likeness (QED) is 0.793. The summed E-state index contributed by atoms with van der Waals surface area (Å²) in [5, 5.41) is 0. The van der Waals surface area contributed by atoms with Gasteiger partial charge in [0, 0.05) is 6.20 Å². The molecule has 3 nitrogen and oxygen atoms in total. The van der Waals surface area contributed by atoms with Crippen LogP contribution in [0.4, 0.5) is 0 Å². The number of hydrogen-bond donors (Lipinski definition) is 0. The minimum Gasteiger partial charge on any atom is -0.438 e. The van der Waals surface area contributed by atoms with Crippen LogP contribution in [0.2, 0.25) is 0 Å². The normalized spacial score (nSPS) is 10.2. The van der Waals surface area contributed by atoms with Gasteiger partial charge in [0.15, 0.2) is 0 Å². The Morgan fingerprint density at radius 1 is 1.25 bits per heavy atom. The van der Waals surface area contributed by atoms with Crippen molar-refractivity contribution in [3.8, 4) is 11.6 Å². The molecule has 0 spiro atoms. The highest BCUT2D eigenvalue weighted by atomic mass is 127. The number of halogens is 1. The highest BCUT2D eigenvalue weighted by Crippen LogP contribution is 2.26. The molecule has 0 aliphatic heterocycles. The Hall–Kier alpha value is -1.17. The minimum absolute atomic E-state index is 0.600. The molecule has 0 saturated carbocycles. The van der Waals surface area contributed by atoms with E-state index in [9.17, 15) is 0 Å². The number of aryl methyl sites for hydroxylation is 2. The highest BCUT2D eigenvalue weighted by Gasteiger charge is 2.05. The number of ether oxygens (including phenoxy) is 1. The Bertz CT molecular complexity index is 514. The molecule has 0 aliphatic rings. The van der Waals surface area contributed by atoms with E-state index in [4.69, 9.17) is 4.74 Å². The Kier molecular flexibility index (Phi) is 3.38. The molecule has 1 aromatic carbocycles. The first-order chi connectivity index (χ1) is 7.66. The van der Waals surface area contributed by atoms with Gasteiger partial charge >= 0.3 is 0 Å². The van der Waals surface area contributed by atoms with Crippen molar-refractivity contribution in [3.05, 3.63) is 45.4 Å². The van der Waals surface area contributed by atoms with Gasteiger partial charge in [-0.2, -0.15) is 0 Å². The monoisotopic (exact) mass is 326 g/mol. The van der Waals surface area contributed by atoms with Gasteiger partial charge in [0.05, 0.1) is 3.57 Å². The van der Waals surface area contributed by atoms with E-state index in [1.54, 1.807) is 6.20 Å². The van der Waals surface area contributed by atoms with Crippen molar-refractivity contribution >= 4 is 22.6 Å². The largest absolute Gasteiger partial charge is 0.438 e. The number of hydrogen-bond acceptors (Lipinski definition) is 3. The molecule has 1 heterocycles. The van der Waals surface area contributed by atoms with E-state index < -0.39 is 0 Å². The maximum Gasteiger partial charge on any atom is 0.235 e. The summed E-state index contributed by atoms with van der Waals surface area (Å²) < 4.78 is 6.64. The second kappa shape index (κ2) is 4.78. The third-order valence-corrected chi connectivity index (χ3v) is 2.91. The molecular weight excluding hydrogens is 315 g/mol. The van der Waals surface area contributed by atoms with Gasteiger partial charge in [-0.3, -0.25) is 0 Å². The molecule has 2 rings (SSSR count). The van der Waals surface area contributed by atoms with Gasteiger partial charge in [0.2, 0.25) is 5.88 Å². The molecule has 0 aliphatic carbocycles. The Balaban J connectivity index is 2.31. The first-order valence-corrected chi connectivity index (χ1v) is 5.95. The van der Waals surface area contributed by atoms with Crippen LogP contribution >= 0.6 is 22.6 Å². The molecule has 0 fully saturated rings. The summed E-state index contributed by atoms with van der Waals surface area (Å²) in [5.74, 6) is 1.43. The lowest BCUT2D eigenvalue weighted by molar-refractivity contribution is 0.454. The van der Waals surface area contributed by atoms with Gasteiger partial charge < -0.3 is 4.74 Å². The van der Waals surface area contributed by atoms with Crippen LogP contribution in [-0.4, -0.2) is 9.97 Å². The first-order valence-electron chi connectivity index (χ1n) is 4.87. The minimum atomic E-state index is 0.600. The van der Waals surface area contributed by atoms with Gasteiger partial charge in [-0.05, 0) is 48.1 Å². The number of aromatic nitrogens is 2. The lowest BCUT2D eigenvalue weighted by atomic mass is 10.1. The van der Waals surface area contributed by atoms with Crippen LogP contribution in [0.15, 0.2) is 30.7 Å². The van der Waals surface area contributed by atoms with Crippen molar-refractivity contribution in [2.45, 2.75) is 13.8 Å². The van der Waals surface area contributed by atoms with E-state index in [1.165, 1.54) is 11.9 Å². The Labute approximate surface area is 108 Å². The van der Waals surface area contributed by atoms with Crippen molar-refractivity contribution in [1.82, 2.24) is 9.97 Å². The topological polar surface area (TPSA) is 35.0 Å². The van der Waals surface area contributed by atoms with Crippen LogP contribution in [0, 0.1) is 17.4 Å². The standard InChI is InChI=1S/C12H11IN2O/c1-8-3-4-11(9(2)5-8)16-12-10(13)6-14-7-15-12/h3-7H,1-2H3. The van der Waals surface area contributed by atoms with E-state index in [1.807, 2.05) is 19.1 Å². The van der Waals surface area contributed by atoms with Crippen LogP contribution in [0.25, 0.3) is 0 Å². The van der Waals surface area contributed by atoms with Crippen molar-refractivity contribution in [2.75, 3.05) is 0 Å². The molecular formula is C12H11IN2O. The number of benzene rings is 1. The van der Waals surface area contributed by atoms with Gasteiger partial charge in [0.1, 0.15) is 12.1 Å². The zero-order chi connectivity index (χ0) is 11.5. The van der Waals surface area contributed by atoms with E-state index in [2.05, 4.69) is 45.5 Å². The maximum atomic E-state index is 5.74. The fourth-order valence-corrected chi connectivity index (χ4v) is 1.80. The molecule has 0 bridgehead atoms. The molecule has 0 amide bonds. The Morgan fingerprint density at radius 3 is 2.75 bits per heavy atom. The van der Waals surface area contributed by atoms with Crippen molar-refractivity contribution in [3.63, 3.8) is 0 Å². The first kappa shape index (κ1) is 11.3. The second-order valence-corrected chi connectivity index (χ2v) is 4.71. The predicted octanol–water partition coefficient (Wildman–Crippen LogP) is 3.49. The summed E-state index contributed by atoms with van der Waals surface area (Å²) in [6, 6.07) is 6.07. The molecule has 82 valence electrons. The number of rotatable bonds is 2. The summed E-state index contributed by atoms with van der Waals surface area (Å²) in [7, 11) is 0. The molecule has 2 aromatic rings. The summed E-state index contributed by atoms with van der Waals surface area (Å²) in [6.07, 6.45) is 3.22. The lowest BCUT2D eigenvalue weighted by Gasteiger charge is -2.09. The maximum absolute atomic E-state index is 5.74. The average molecular weight is 326 g/mol. The van der Waals surface area contributed by atoms with Gasteiger partial charge in [0.25, 0.3) is 0 Å². The van der Waals surface area contributed by atoms with Crippen LogP contribution in [0.3, 0.4) is 0 Å². The van der Waals surface area contributed by atoms with Crippen LogP contribution in [0.5, 0.6) is 11.6 Å². The van der Waals surface area contributed by atoms with Crippen LogP contribution in [0.1, 0.15) is 11.1 Å². The highest BCUT2D eigenvalue weighted by molar-refractivity contribution is 14.1. The fraction of sp³-hybridized carbons (Fsp3) is 0.167. The second-order valence-electron chi connectivity index (χ2n) is 3.55. The number of nitrogens with zero attached hydrogens (tertiary/aromatic N) is 2. The summed E-state index contributed by atoms with van der Waals surface area (Å²) in [5.41, 5.74) is 2.33. The van der Waals surface area contributed by atoms with E-state index >= 15 is 0 Å². The molecule has 4 heteroatoms. The summed E-state index contributed by atoms with van der Waals surface area (Å²) in [4.78, 5) is 8.02. The van der Waals surface area contributed by atoms with Crippen LogP contribution in [-0.2, 0) is 0 Å². The molecule has 0 radical (unpaired) electrons. The lowest BCUT2D eigenvalue weighted by Crippen LogP contribution is -1.93. The molecule has 0 N–H and O–H groups in total. The zero-order valence-corrected chi connectivity index (χ0v) is 11.2.